The predicted molar refractivity (Wildman–Crippen MR) is 145 cm³/mol. The summed E-state index contributed by atoms with van der Waals surface area (Å²) >= 11 is 0. The van der Waals surface area contributed by atoms with E-state index in [0.717, 1.165) is 29.9 Å². The van der Waals surface area contributed by atoms with Gasteiger partial charge in [-0.2, -0.15) is 0 Å². The number of rotatable bonds is 10. The summed E-state index contributed by atoms with van der Waals surface area (Å²) in [7, 11) is 0. The number of ether oxygens (including phenoxy) is 1. The molecule has 1 heteroatoms. The van der Waals surface area contributed by atoms with Gasteiger partial charge in [-0.05, 0) is 64.3 Å². The molecule has 2 unspecified atom stereocenters. The highest BCUT2D eigenvalue weighted by Crippen LogP contribution is 2.31. The number of benzene rings is 2. The van der Waals surface area contributed by atoms with Crippen LogP contribution in [0, 0.1) is 11.8 Å². The van der Waals surface area contributed by atoms with Crippen molar-refractivity contribution in [1.29, 1.82) is 0 Å². The van der Waals surface area contributed by atoms with Crippen LogP contribution in [0.1, 0.15) is 91.7 Å². The first-order valence-electron chi connectivity index (χ1n) is 13.1. The second-order valence-electron chi connectivity index (χ2n) is 11.1. The number of allylic oxidation sites excluding steroid dienone is 3. The summed E-state index contributed by atoms with van der Waals surface area (Å²) < 4.78 is 6.60. The van der Waals surface area contributed by atoms with Crippen LogP contribution >= 0.6 is 0 Å². The van der Waals surface area contributed by atoms with Crippen LogP contribution in [-0.4, -0.2) is 6.61 Å². The Morgan fingerprint density at radius 2 is 1.64 bits per heavy atom. The number of hydrogen-bond donors (Lipinski definition) is 0. The van der Waals surface area contributed by atoms with Gasteiger partial charge in [0, 0.05) is 5.39 Å². The van der Waals surface area contributed by atoms with Crippen LogP contribution in [0.5, 0.6) is 5.75 Å². The molecule has 2 aromatic rings. The minimum absolute atomic E-state index is 0.111. The van der Waals surface area contributed by atoms with Crippen LogP contribution in [0.25, 0.3) is 22.6 Å². The quantitative estimate of drug-likeness (QED) is 0.366. The van der Waals surface area contributed by atoms with E-state index in [1.165, 1.54) is 59.2 Å². The third-order valence-corrected chi connectivity index (χ3v) is 6.94. The Kier molecular flexibility index (Phi) is 8.66. The summed E-state index contributed by atoms with van der Waals surface area (Å²) in [4.78, 5) is 0. The molecule has 0 bridgehead atoms. The topological polar surface area (TPSA) is 9.23 Å². The van der Waals surface area contributed by atoms with Crippen molar-refractivity contribution >= 4 is 22.6 Å². The molecule has 0 saturated carbocycles. The Balaban J connectivity index is 2.26. The molecule has 0 aromatic heterocycles. The first kappa shape index (κ1) is 25.4. The lowest BCUT2D eigenvalue weighted by Gasteiger charge is -2.22. The molecule has 0 radical (unpaired) electrons. The standard InChI is InChI=1S/C32H44O/c1-8-13-23(3)17-19-27-26-15-11-10-12-16-28(26)31(33-22-24(4)14-9-2)29-20-18-25(21-30(27)29)32(5,6)7/h10-12,15,18,20-21,23-24H,8-9,13-14,17,19,22H2,1-7H3. The van der Waals surface area contributed by atoms with Crippen molar-refractivity contribution in [3.8, 4) is 5.75 Å². The average Bonchev–Trinajstić information content (AvgIpc) is 3.01. The molecule has 0 fully saturated rings. The number of fused-ring (bicyclic) bond motifs is 2. The summed E-state index contributed by atoms with van der Waals surface area (Å²) in [6.07, 6.45) is 15.8. The Labute approximate surface area is 201 Å². The van der Waals surface area contributed by atoms with Gasteiger partial charge in [-0.25, -0.2) is 0 Å². The van der Waals surface area contributed by atoms with Crippen LogP contribution in [0.2, 0.25) is 0 Å². The smallest absolute Gasteiger partial charge is 0.142 e. The van der Waals surface area contributed by atoms with Crippen molar-refractivity contribution in [2.75, 3.05) is 6.61 Å². The van der Waals surface area contributed by atoms with Crippen LogP contribution in [-0.2, 0) is 11.8 Å². The fraction of sp³-hybridized carbons (Fsp3) is 0.531. The van der Waals surface area contributed by atoms with E-state index >= 15 is 0 Å². The van der Waals surface area contributed by atoms with E-state index in [0.29, 0.717) is 5.92 Å². The van der Waals surface area contributed by atoms with Crippen molar-refractivity contribution < 1.29 is 4.74 Å². The number of aryl methyl sites for hydroxylation is 1. The second kappa shape index (κ2) is 11.3. The van der Waals surface area contributed by atoms with Crippen LogP contribution in [0.3, 0.4) is 0 Å². The van der Waals surface area contributed by atoms with Crippen LogP contribution < -0.4 is 15.2 Å². The Bertz CT molecular complexity index is 1140. The van der Waals surface area contributed by atoms with Gasteiger partial charge in [-0.15, -0.1) is 5.73 Å². The highest BCUT2D eigenvalue weighted by molar-refractivity contribution is 5.93. The van der Waals surface area contributed by atoms with Crippen LogP contribution in [0.4, 0.5) is 0 Å². The minimum atomic E-state index is 0.111. The molecular weight excluding hydrogens is 400 g/mol. The molecule has 1 nitrogen and oxygen atoms in total. The average molecular weight is 445 g/mol. The lowest BCUT2D eigenvalue weighted by molar-refractivity contribution is 0.252. The Morgan fingerprint density at radius 1 is 0.909 bits per heavy atom. The summed E-state index contributed by atoms with van der Waals surface area (Å²) in [5, 5.41) is 5.01. The van der Waals surface area contributed by atoms with Gasteiger partial charge >= 0.3 is 0 Å². The maximum atomic E-state index is 6.60. The zero-order valence-electron chi connectivity index (χ0n) is 22.1. The lowest BCUT2D eigenvalue weighted by atomic mass is 9.84. The van der Waals surface area contributed by atoms with Crippen molar-refractivity contribution in [2.24, 2.45) is 11.8 Å². The summed E-state index contributed by atoms with van der Waals surface area (Å²) in [6, 6.07) is 7.03. The van der Waals surface area contributed by atoms with E-state index in [-0.39, 0.29) is 5.41 Å². The fourth-order valence-electron chi connectivity index (χ4n) is 4.93. The molecule has 0 heterocycles. The van der Waals surface area contributed by atoms with E-state index in [1.54, 1.807) is 0 Å². The first-order valence-corrected chi connectivity index (χ1v) is 13.1. The first-order chi connectivity index (χ1) is 15.8. The van der Waals surface area contributed by atoms with Gasteiger partial charge < -0.3 is 4.74 Å². The molecule has 178 valence electrons. The van der Waals surface area contributed by atoms with E-state index in [1.807, 2.05) is 6.08 Å². The molecule has 2 atom stereocenters. The minimum Gasteiger partial charge on any atom is -0.491 e. The molecule has 0 spiro atoms. The van der Waals surface area contributed by atoms with Crippen LogP contribution in [0.15, 0.2) is 36.4 Å². The van der Waals surface area contributed by atoms with E-state index in [9.17, 15) is 0 Å². The highest BCUT2D eigenvalue weighted by atomic mass is 16.5. The van der Waals surface area contributed by atoms with Gasteiger partial charge in [0.2, 0.25) is 0 Å². The normalized spacial score (nSPS) is 14.9. The second-order valence-corrected chi connectivity index (χ2v) is 11.1. The lowest BCUT2D eigenvalue weighted by Crippen LogP contribution is -2.31. The zero-order chi connectivity index (χ0) is 24.0. The van der Waals surface area contributed by atoms with Gasteiger partial charge in [-0.1, -0.05) is 104 Å². The molecule has 0 N–H and O–H groups in total. The Hall–Kier alpha value is -2.24. The molecule has 0 aliphatic heterocycles. The fourth-order valence-corrected chi connectivity index (χ4v) is 4.93. The molecule has 2 aromatic carbocycles. The van der Waals surface area contributed by atoms with E-state index in [2.05, 4.69) is 90.6 Å². The largest absolute Gasteiger partial charge is 0.491 e. The van der Waals surface area contributed by atoms with Gasteiger partial charge in [0.15, 0.2) is 0 Å². The summed E-state index contributed by atoms with van der Waals surface area (Å²) in [5.74, 6) is 2.28. The predicted octanol–water partition coefficient (Wildman–Crippen LogP) is 7.61. The van der Waals surface area contributed by atoms with Gasteiger partial charge in [-0.3, -0.25) is 0 Å². The molecular formula is C32H44O. The zero-order valence-corrected chi connectivity index (χ0v) is 22.1. The summed E-state index contributed by atoms with van der Waals surface area (Å²) in [6.45, 7) is 16.9. The molecule has 3 rings (SSSR count). The molecule has 0 saturated heterocycles. The van der Waals surface area contributed by atoms with Gasteiger partial charge in [0.05, 0.1) is 11.8 Å². The Morgan fingerprint density at radius 3 is 2.33 bits per heavy atom. The van der Waals surface area contributed by atoms with E-state index in [4.69, 9.17) is 4.74 Å². The monoisotopic (exact) mass is 444 g/mol. The van der Waals surface area contributed by atoms with E-state index < -0.39 is 0 Å². The van der Waals surface area contributed by atoms with Gasteiger partial charge in [0.1, 0.15) is 5.75 Å². The molecule has 33 heavy (non-hydrogen) atoms. The molecule has 1 aliphatic carbocycles. The van der Waals surface area contributed by atoms with Crippen molar-refractivity contribution in [2.45, 2.75) is 92.4 Å². The third-order valence-electron chi connectivity index (χ3n) is 6.94. The van der Waals surface area contributed by atoms with Crippen molar-refractivity contribution in [3.05, 3.63) is 58.0 Å². The summed E-state index contributed by atoms with van der Waals surface area (Å²) in [5.41, 5.74) is 6.52. The van der Waals surface area contributed by atoms with Crippen molar-refractivity contribution in [1.82, 2.24) is 0 Å². The maximum absolute atomic E-state index is 6.60. The SMILES string of the molecule is CCCC(C)CCc1c2c(c(OCC(C)CCC)c3ccc(C(C)(C)C)cc13)=C=CC=CC=2. The molecule has 0 amide bonds. The van der Waals surface area contributed by atoms with Crippen molar-refractivity contribution in [3.63, 3.8) is 0 Å². The maximum Gasteiger partial charge on any atom is 0.142 e. The highest BCUT2D eigenvalue weighted by Gasteiger charge is 2.19. The van der Waals surface area contributed by atoms with Gasteiger partial charge in [0.25, 0.3) is 0 Å². The third kappa shape index (κ3) is 6.21. The molecule has 1 aliphatic rings. The number of hydrogen-bond acceptors (Lipinski definition) is 1.